The summed E-state index contributed by atoms with van der Waals surface area (Å²) in [6, 6.07) is 12.9. The molecule has 2 rings (SSSR count). The molecular formula is C18H20O3. The molecule has 0 saturated heterocycles. The number of hydrogen-bond acceptors (Lipinski definition) is 3. The Hall–Kier alpha value is -2.29. The zero-order chi connectivity index (χ0) is 15.4. The second-order valence-corrected chi connectivity index (χ2v) is 5.28. The second kappa shape index (κ2) is 6.44. The first-order valence-electron chi connectivity index (χ1n) is 7.15. The van der Waals surface area contributed by atoms with E-state index in [0.717, 1.165) is 5.56 Å². The number of benzene rings is 2. The number of esters is 1. The van der Waals surface area contributed by atoms with Crippen molar-refractivity contribution in [3.63, 3.8) is 0 Å². The molecule has 0 bridgehead atoms. The minimum Gasteiger partial charge on any atom is -0.507 e. The van der Waals surface area contributed by atoms with Crippen LogP contribution < -0.4 is 4.74 Å². The minimum atomic E-state index is -0.290. The number of rotatable bonds is 4. The van der Waals surface area contributed by atoms with Crippen molar-refractivity contribution in [3.05, 3.63) is 48.0 Å². The third-order valence-electron chi connectivity index (χ3n) is 3.38. The zero-order valence-electron chi connectivity index (χ0n) is 12.6. The molecule has 0 saturated carbocycles. The predicted molar refractivity (Wildman–Crippen MR) is 83.6 cm³/mol. The van der Waals surface area contributed by atoms with Crippen LogP contribution >= 0.6 is 0 Å². The van der Waals surface area contributed by atoms with Gasteiger partial charge in [0, 0.05) is 12.0 Å². The lowest BCUT2D eigenvalue weighted by Crippen LogP contribution is -2.05. The van der Waals surface area contributed by atoms with Gasteiger partial charge in [-0.1, -0.05) is 45.0 Å². The topological polar surface area (TPSA) is 46.5 Å². The summed E-state index contributed by atoms with van der Waals surface area (Å²) in [5, 5.41) is 10.0. The molecule has 1 N–H and O–H groups in total. The number of carbonyl (C=O) groups is 1. The molecule has 110 valence electrons. The standard InChI is InChI=1S/C18H20O3/c1-4-18(20)21-15-9-10-17(19)16(11-15)14-7-5-13(6-8-14)12(2)3/h5-12,19H,4H2,1-3H3. The molecule has 0 radical (unpaired) electrons. The summed E-state index contributed by atoms with van der Waals surface area (Å²) in [5.74, 6) is 0.789. The van der Waals surface area contributed by atoms with E-state index >= 15 is 0 Å². The first-order valence-corrected chi connectivity index (χ1v) is 7.15. The summed E-state index contributed by atoms with van der Waals surface area (Å²) in [6.07, 6.45) is 0.319. The van der Waals surface area contributed by atoms with Gasteiger partial charge < -0.3 is 9.84 Å². The summed E-state index contributed by atoms with van der Waals surface area (Å²) < 4.78 is 5.19. The van der Waals surface area contributed by atoms with Gasteiger partial charge in [-0.25, -0.2) is 0 Å². The molecule has 0 atom stereocenters. The van der Waals surface area contributed by atoms with E-state index in [-0.39, 0.29) is 11.7 Å². The largest absolute Gasteiger partial charge is 0.507 e. The molecule has 0 aliphatic heterocycles. The second-order valence-electron chi connectivity index (χ2n) is 5.28. The van der Waals surface area contributed by atoms with E-state index in [1.807, 2.05) is 24.3 Å². The fraction of sp³-hybridized carbons (Fsp3) is 0.278. The fourth-order valence-electron chi connectivity index (χ4n) is 2.06. The van der Waals surface area contributed by atoms with Gasteiger partial charge in [0.2, 0.25) is 0 Å². The maximum atomic E-state index is 11.3. The molecule has 3 nitrogen and oxygen atoms in total. The first-order chi connectivity index (χ1) is 10.0. The summed E-state index contributed by atoms with van der Waals surface area (Å²) in [6.45, 7) is 6.02. The van der Waals surface area contributed by atoms with Crippen LogP contribution in [0.5, 0.6) is 11.5 Å². The molecule has 2 aromatic rings. The average Bonchev–Trinajstić information content (AvgIpc) is 2.49. The van der Waals surface area contributed by atoms with Gasteiger partial charge in [0.15, 0.2) is 0 Å². The van der Waals surface area contributed by atoms with Crippen LogP contribution in [-0.2, 0) is 4.79 Å². The van der Waals surface area contributed by atoms with E-state index in [2.05, 4.69) is 13.8 Å². The highest BCUT2D eigenvalue weighted by Gasteiger charge is 2.09. The monoisotopic (exact) mass is 284 g/mol. The molecule has 21 heavy (non-hydrogen) atoms. The summed E-state index contributed by atoms with van der Waals surface area (Å²) in [5.41, 5.74) is 2.80. The Morgan fingerprint density at radius 3 is 2.38 bits per heavy atom. The summed E-state index contributed by atoms with van der Waals surface area (Å²) in [4.78, 5) is 11.3. The Labute approximate surface area is 125 Å². The van der Waals surface area contributed by atoms with Crippen molar-refractivity contribution in [2.24, 2.45) is 0 Å². The first kappa shape index (κ1) is 15.1. The van der Waals surface area contributed by atoms with Gasteiger partial charge in [-0.05, 0) is 35.2 Å². The van der Waals surface area contributed by atoms with Crippen LogP contribution in [0.3, 0.4) is 0 Å². The van der Waals surface area contributed by atoms with Crippen LogP contribution in [0.15, 0.2) is 42.5 Å². The molecule has 0 heterocycles. The number of carbonyl (C=O) groups excluding carboxylic acids is 1. The van der Waals surface area contributed by atoms with Gasteiger partial charge in [0.1, 0.15) is 11.5 Å². The van der Waals surface area contributed by atoms with Crippen molar-refractivity contribution < 1.29 is 14.6 Å². The summed E-state index contributed by atoms with van der Waals surface area (Å²) in [7, 11) is 0. The van der Waals surface area contributed by atoms with E-state index in [0.29, 0.717) is 23.7 Å². The molecule has 2 aromatic carbocycles. The molecule has 0 aromatic heterocycles. The molecular weight excluding hydrogens is 264 g/mol. The number of aromatic hydroxyl groups is 1. The van der Waals surface area contributed by atoms with Gasteiger partial charge in [-0.3, -0.25) is 4.79 Å². The number of hydrogen-bond donors (Lipinski definition) is 1. The van der Waals surface area contributed by atoms with Gasteiger partial charge in [-0.15, -0.1) is 0 Å². The minimum absolute atomic E-state index is 0.170. The lowest BCUT2D eigenvalue weighted by Gasteiger charge is -2.10. The van der Waals surface area contributed by atoms with Gasteiger partial charge in [0.25, 0.3) is 0 Å². The maximum Gasteiger partial charge on any atom is 0.310 e. The highest BCUT2D eigenvalue weighted by molar-refractivity contribution is 5.75. The van der Waals surface area contributed by atoms with Gasteiger partial charge in [0.05, 0.1) is 0 Å². The molecule has 0 aliphatic carbocycles. The van der Waals surface area contributed by atoms with Crippen molar-refractivity contribution in [1.29, 1.82) is 0 Å². The van der Waals surface area contributed by atoms with E-state index in [4.69, 9.17) is 4.74 Å². The number of phenolic OH excluding ortho intramolecular Hbond substituents is 1. The smallest absolute Gasteiger partial charge is 0.310 e. The third-order valence-corrected chi connectivity index (χ3v) is 3.38. The van der Waals surface area contributed by atoms with Crippen molar-refractivity contribution in [2.75, 3.05) is 0 Å². The van der Waals surface area contributed by atoms with Crippen molar-refractivity contribution in [2.45, 2.75) is 33.1 Å². The van der Waals surface area contributed by atoms with Crippen LogP contribution in [-0.4, -0.2) is 11.1 Å². The Morgan fingerprint density at radius 2 is 1.81 bits per heavy atom. The Morgan fingerprint density at radius 1 is 1.14 bits per heavy atom. The number of phenols is 1. The zero-order valence-corrected chi connectivity index (χ0v) is 12.6. The Balaban J connectivity index is 2.33. The van der Waals surface area contributed by atoms with E-state index < -0.39 is 0 Å². The quantitative estimate of drug-likeness (QED) is 0.664. The lowest BCUT2D eigenvalue weighted by molar-refractivity contribution is -0.134. The van der Waals surface area contributed by atoms with Crippen molar-refractivity contribution >= 4 is 5.97 Å². The van der Waals surface area contributed by atoms with E-state index in [1.54, 1.807) is 25.1 Å². The third kappa shape index (κ3) is 3.63. The number of ether oxygens (including phenoxy) is 1. The molecule has 0 amide bonds. The van der Waals surface area contributed by atoms with Crippen LogP contribution in [0, 0.1) is 0 Å². The van der Waals surface area contributed by atoms with E-state index in [9.17, 15) is 9.90 Å². The van der Waals surface area contributed by atoms with Crippen LogP contribution in [0.4, 0.5) is 0 Å². The summed E-state index contributed by atoms with van der Waals surface area (Å²) >= 11 is 0. The maximum absolute atomic E-state index is 11.3. The molecule has 0 fully saturated rings. The predicted octanol–water partition coefficient (Wildman–Crippen LogP) is 4.50. The molecule has 0 aliphatic rings. The molecule has 0 unspecified atom stereocenters. The van der Waals surface area contributed by atoms with Gasteiger partial charge >= 0.3 is 5.97 Å². The van der Waals surface area contributed by atoms with Crippen LogP contribution in [0.2, 0.25) is 0 Å². The van der Waals surface area contributed by atoms with Crippen molar-refractivity contribution in [1.82, 2.24) is 0 Å². The normalized spacial score (nSPS) is 10.7. The SMILES string of the molecule is CCC(=O)Oc1ccc(O)c(-c2ccc(C(C)C)cc2)c1. The van der Waals surface area contributed by atoms with E-state index in [1.165, 1.54) is 5.56 Å². The van der Waals surface area contributed by atoms with Crippen LogP contribution in [0.1, 0.15) is 38.7 Å². The van der Waals surface area contributed by atoms with Crippen LogP contribution in [0.25, 0.3) is 11.1 Å². The fourth-order valence-corrected chi connectivity index (χ4v) is 2.06. The van der Waals surface area contributed by atoms with Gasteiger partial charge in [-0.2, -0.15) is 0 Å². The molecule has 0 spiro atoms. The average molecular weight is 284 g/mol. The lowest BCUT2D eigenvalue weighted by atomic mass is 9.98. The molecule has 3 heteroatoms. The Kier molecular flexibility index (Phi) is 4.63. The highest BCUT2D eigenvalue weighted by atomic mass is 16.5. The highest BCUT2D eigenvalue weighted by Crippen LogP contribution is 2.33. The Bertz CT molecular complexity index is 627. The van der Waals surface area contributed by atoms with Crippen molar-refractivity contribution in [3.8, 4) is 22.6 Å².